The Hall–Kier alpha value is -2.15. The van der Waals surface area contributed by atoms with Gasteiger partial charge in [0.2, 0.25) is 0 Å². The van der Waals surface area contributed by atoms with Gasteiger partial charge in [-0.3, -0.25) is 4.79 Å². The molecule has 7 rings (SSSR count). The molecule has 0 amide bonds. The van der Waals surface area contributed by atoms with E-state index in [0.717, 1.165) is 0 Å². The first-order valence-corrected chi connectivity index (χ1v) is 14.2. The molecular weight excluding hydrogens is 524 g/mol. The highest BCUT2D eigenvalue weighted by atomic mass is 16.6. The van der Waals surface area contributed by atoms with Gasteiger partial charge in [0, 0.05) is 35.3 Å². The van der Waals surface area contributed by atoms with Gasteiger partial charge in [0.05, 0.1) is 24.4 Å². The third-order valence-corrected chi connectivity index (χ3v) is 11.3. The Balaban J connectivity index is 1.42. The fraction of sp³-hybridized carbons (Fsp3) is 0.759. The van der Waals surface area contributed by atoms with Crippen LogP contribution >= 0.6 is 0 Å². The first kappa shape index (κ1) is 28.0. The van der Waals surface area contributed by atoms with Crippen LogP contribution in [0, 0.1) is 16.7 Å². The highest BCUT2D eigenvalue weighted by Crippen LogP contribution is 2.74. The third-order valence-electron chi connectivity index (χ3n) is 11.3. The van der Waals surface area contributed by atoms with Crippen molar-refractivity contribution in [2.45, 2.75) is 100 Å². The number of aliphatic hydroxyl groups excluding tert-OH is 2. The number of aliphatic hydroxyl groups is 4. The van der Waals surface area contributed by atoms with Gasteiger partial charge in [-0.2, -0.15) is 0 Å². The first-order chi connectivity index (χ1) is 18.8. The normalized spacial score (nSPS) is 52.2. The molecule has 0 aromatic rings. The predicted octanol–water partition coefficient (Wildman–Crippen LogP) is 0.259. The van der Waals surface area contributed by atoms with Crippen LogP contribution in [0.3, 0.4) is 0 Å². The van der Waals surface area contributed by atoms with E-state index in [4.69, 9.17) is 18.9 Å². The summed E-state index contributed by atoms with van der Waals surface area (Å²) in [6.07, 6.45) is 2.18. The van der Waals surface area contributed by atoms with E-state index in [1.165, 1.54) is 18.2 Å². The molecule has 0 aromatic heterocycles. The highest BCUT2D eigenvalue weighted by molar-refractivity contribution is 5.90. The highest BCUT2D eigenvalue weighted by Gasteiger charge is 2.83. The molecule has 4 heterocycles. The Labute approximate surface area is 232 Å². The van der Waals surface area contributed by atoms with Crippen molar-refractivity contribution in [1.82, 2.24) is 0 Å². The van der Waals surface area contributed by atoms with Crippen LogP contribution in [-0.2, 0) is 33.3 Å². The van der Waals surface area contributed by atoms with E-state index in [0.29, 0.717) is 12.8 Å². The molecule has 3 saturated carbocycles. The van der Waals surface area contributed by atoms with Gasteiger partial charge >= 0.3 is 11.9 Å². The molecule has 8 bridgehead atoms. The molecule has 4 N–H and O–H groups in total. The molecule has 220 valence electrons. The molecular formula is C29H38O11. The molecule has 0 radical (unpaired) electrons. The number of hydrogen-bond acceptors (Lipinski definition) is 11. The number of ketones is 1. The monoisotopic (exact) mass is 562 g/mol. The Kier molecular flexibility index (Phi) is 6.42. The van der Waals surface area contributed by atoms with Gasteiger partial charge in [0.1, 0.15) is 31.0 Å². The van der Waals surface area contributed by atoms with Crippen LogP contribution in [0.1, 0.15) is 58.8 Å². The van der Waals surface area contributed by atoms with Crippen LogP contribution in [-0.4, -0.2) is 99.2 Å². The number of ether oxygens (including phenoxy) is 4. The van der Waals surface area contributed by atoms with Gasteiger partial charge in [0.25, 0.3) is 0 Å². The number of allylic oxidation sites excluding steroid dienone is 1. The lowest BCUT2D eigenvalue weighted by atomic mass is 9.40. The zero-order chi connectivity index (χ0) is 28.7. The van der Waals surface area contributed by atoms with Crippen molar-refractivity contribution in [2.75, 3.05) is 19.8 Å². The molecule has 11 nitrogen and oxygen atoms in total. The maximum atomic E-state index is 13.2. The SMILES string of the molecule is CC12[C@H]3C[C@H]4OC5[C@H](CC41O)[C@@](C)(O)CC[C@@]52COC(=O)/C=C1/CCO[C@@](C(=O)CO)(CC/C=C\C(=O)O3)[C@@H]1O. The van der Waals surface area contributed by atoms with E-state index in [-0.39, 0.29) is 50.9 Å². The number of carbonyl (C=O) groups is 3. The predicted molar refractivity (Wildman–Crippen MR) is 135 cm³/mol. The zero-order valence-corrected chi connectivity index (χ0v) is 22.8. The molecule has 11 heteroatoms. The van der Waals surface area contributed by atoms with Crippen molar-refractivity contribution in [2.24, 2.45) is 16.7 Å². The molecule has 10 atom stereocenters. The second-order valence-electron chi connectivity index (χ2n) is 12.9. The standard InChI is InChI=1S/C29H38O11/c1-25(35)8-9-27-15-37-22(33)11-16-6-10-38-28(23(16)34,18(31)14-30)7-4-3-5-21(32)39-19-12-20-29(36,26(19,27)2)13-17(25)24(27)40-20/h3,5,11,17,19-20,23-24,30,34-36H,4,6-10,12-15H2,1-2H3/b5-3-,16-11-/t17-,19+,20+,23+,24?,25-,26?,27+,28+,29?/m0/s1. The second-order valence-corrected chi connectivity index (χ2v) is 12.9. The molecule has 40 heavy (non-hydrogen) atoms. The number of carbonyl (C=O) groups excluding carboxylic acids is 3. The number of rotatable bonds is 2. The summed E-state index contributed by atoms with van der Waals surface area (Å²) in [6, 6.07) is 0. The van der Waals surface area contributed by atoms with Gasteiger partial charge in [-0.1, -0.05) is 13.0 Å². The number of cyclic esters (lactones) is 1. The topological polar surface area (TPSA) is 169 Å². The van der Waals surface area contributed by atoms with Crippen LogP contribution < -0.4 is 0 Å². The molecule has 1 spiro atoms. The molecule has 7 aliphatic rings. The Morgan fingerprint density at radius 2 is 1.88 bits per heavy atom. The quantitative estimate of drug-likeness (QED) is 0.341. The molecule has 6 fully saturated rings. The van der Waals surface area contributed by atoms with Crippen LogP contribution in [0.5, 0.6) is 0 Å². The Morgan fingerprint density at radius 3 is 2.62 bits per heavy atom. The van der Waals surface area contributed by atoms with Crippen molar-refractivity contribution >= 4 is 17.7 Å². The molecule has 0 aromatic carbocycles. The maximum absolute atomic E-state index is 13.2. The average Bonchev–Trinajstić information content (AvgIpc) is 3.06. The molecule has 3 saturated heterocycles. The lowest BCUT2D eigenvalue weighted by Crippen LogP contribution is -2.80. The van der Waals surface area contributed by atoms with Gasteiger partial charge in [-0.25, -0.2) is 9.59 Å². The minimum atomic E-state index is -1.77. The van der Waals surface area contributed by atoms with Crippen molar-refractivity contribution in [1.29, 1.82) is 0 Å². The number of fused-ring (bicyclic) bond motifs is 2. The number of hydrogen-bond donors (Lipinski definition) is 4. The summed E-state index contributed by atoms with van der Waals surface area (Å²) in [4.78, 5) is 39.0. The Morgan fingerprint density at radius 1 is 1.10 bits per heavy atom. The summed E-state index contributed by atoms with van der Waals surface area (Å²) in [7, 11) is 0. The molecule has 3 aliphatic carbocycles. The third kappa shape index (κ3) is 3.54. The van der Waals surface area contributed by atoms with E-state index in [1.807, 2.05) is 6.92 Å². The smallest absolute Gasteiger partial charge is 0.330 e. The van der Waals surface area contributed by atoms with Gasteiger partial charge in [-0.15, -0.1) is 0 Å². The minimum absolute atomic E-state index is 0.0351. The first-order valence-electron chi connectivity index (χ1n) is 14.2. The van der Waals surface area contributed by atoms with Crippen LogP contribution in [0.2, 0.25) is 0 Å². The maximum Gasteiger partial charge on any atom is 0.330 e. The summed E-state index contributed by atoms with van der Waals surface area (Å²) in [5.74, 6) is -2.51. The van der Waals surface area contributed by atoms with E-state index in [1.54, 1.807) is 6.92 Å². The lowest BCUT2D eigenvalue weighted by Gasteiger charge is -2.71. The fourth-order valence-corrected chi connectivity index (χ4v) is 8.89. The second kappa shape index (κ2) is 9.17. The summed E-state index contributed by atoms with van der Waals surface area (Å²) >= 11 is 0. The summed E-state index contributed by atoms with van der Waals surface area (Å²) in [5, 5.41) is 44.3. The van der Waals surface area contributed by atoms with Crippen molar-refractivity contribution in [3.05, 3.63) is 23.8 Å². The minimum Gasteiger partial charge on any atom is -0.462 e. The van der Waals surface area contributed by atoms with Gasteiger partial charge in [-0.05, 0) is 51.0 Å². The number of esters is 2. The number of Topliss-reactive ketones (excluding diaryl/α,β-unsaturated/α-hetero) is 1. The van der Waals surface area contributed by atoms with Gasteiger partial charge in [0.15, 0.2) is 11.4 Å². The van der Waals surface area contributed by atoms with Crippen molar-refractivity contribution < 1.29 is 53.8 Å². The van der Waals surface area contributed by atoms with E-state index in [2.05, 4.69) is 0 Å². The van der Waals surface area contributed by atoms with Crippen molar-refractivity contribution in [3.63, 3.8) is 0 Å². The van der Waals surface area contributed by atoms with E-state index in [9.17, 15) is 34.8 Å². The van der Waals surface area contributed by atoms with Crippen LogP contribution in [0.4, 0.5) is 0 Å². The van der Waals surface area contributed by atoms with E-state index >= 15 is 0 Å². The van der Waals surface area contributed by atoms with Gasteiger partial charge < -0.3 is 39.4 Å². The summed E-state index contributed by atoms with van der Waals surface area (Å²) < 4.78 is 24.0. The van der Waals surface area contributed by atoms with E-state index < -0.39 is 82.3 Å². The van der Waals surface area contributed by atoms with Crippen LogP contribution in [0.25, 0.3) is 0 Å². The fourth-order valence-electron chi connectivity index (χ4n) is 8.89. The average molecular weight is 563 g/mol. The molecule has 4 aliphatic heterocycles. The largest absolute Gasteiger partial charge is 0.462 e. The summed E-state index contributed by atoms with van der Waals surface area (Å²) in [5.41, 5.74) is -6.00. The zero-order valence-electron chi connectivity index (χ0n) is 22.8. The Bertz CT molecular complexity index is 1180. The van der Waals surface area contributed by atoms with Crippen LogP contribution in [0.15, 0.2) is 23.8 Å². The lowest BCUT2D eigenvalue weighted by molar-refractivity contribution is -0.377. The summed E-state index contributed by atoms with van der Waals surface area (Å²) in [6.45, 7) is 2.64. The molecule has 3 unspecified atom stereocenters. The van der Waals surface area contributed by atoms with Crippen molar-refractivity contribution in [3.8, 4) is 0 Å².